The van der Waals surface area contributed by atoms with E-state index in [1.807, 2.05) is 19.9 Å². The second-order valence-electron chi connectivity index (χ2n) is 12.8. The first kappa shape index (κ1) is 29.6. The Morgan fingerprint density at radius 1 is 0.696 bits per heavy atom. The van der Waals surface area contributed by atoms with Crippen LogP contribution < -0.4 is 0 Å². The molecular formula is C38H34N4O4. The van der Waals surface area contributed by atoms with Crippen LogP contribution in [0.5, 0.6) is 0 Å². The maximum absolute atomic E-state index is 14.1. The van der Waals surface area contributed by atoms with Gasteiger partial charge >= 0.3 is 0 Å². The van der Waals surface area contributed by atoms with Gasteiger partial charge in [-0.2, -0.15) is 10.5 Å². The van der Waals surface area contributed by atoms with Crippen molar-refractivity contribution in [1.29, 1.82) is 10.5 Å². The van der Waals surface area contributed by atoms with E-state index in [9.17, 15) is 30.0 Å². The standard InChI is InChI=1S/C38H34N4O4/c1-5-7-9-19(3)41-35(43)25-13-11-23-30-22(18-40)16-28-32-26(36(44)42(38(28)46)20(4)10-8-6-2)14-12-24(34(30)32)29-21(17-39)15-27(37(41)45)31(25)33(23)29/h11-16,19-20,35,43H,5-10H2,1-4H3/t19-,20-,35?/m0/s1. The van der Waals surface area contributed by atoms with Gasteiger partial charge in [-0.25, -0.2) is 0 Å². The van der Waals surface area contributed by atoms with Crippen molar-refractivity contribution in [3.05, 3.63) is 69.8 Å². The Bertz CT molecular complexity index is 2240. The number of aliphatic hydroxyl groups excluding tert-OH is 1. The molecule has 3 amide bonds. The molecule has 1 N–H and O–H groups in total. The predicted molar refractivity (Wildman–Crippen MR) is 177 cm³/mol. The number of carbonyl (C=O) groups is 3. The molecule has 8 heteroatoms. The molecule has 46 heavy (non-hydrogen) atoms. The maximum Gasteiger partial charge on any atom is 0.261 e. The van der Waals surface area contributed by atoms with Crippen molar-refractivity contribution in [1.82, 2.24) is 9.80 Å². The van der Waals surface area contributed by atoms with Gasteiger partial charge in [0, 0.05) is 55.7 Å². The van der Waals surface area contributed by atoms with Crippen LogP contribution in [0.25, 0.3) is 43.1 Å². The Hall–Kier alpha value is -5.05. The minimum atomic E-state index is -1.18. The molecule has 230 valence electrons. The van der Waals surface area contributed by atoms with E-state index in [-0.39, 0.29) is 35.0 Å². The second-order valence-corrected chi connectivity index (χ2v) is 12.8. The van der Waals surface area contributed by atoms with E-state index in [2.05, 4.69) is 26.0 Å². The zero-order valence-electron chi connectivity index (χ0n) is 26.4. The van der Waals surface area contributed by atoms with Crippen LogP contribution in [0.3, 0.4) is 0 Å². The first-order valence-electron chi connectivity index (χ1n) is 16.2. The van der Waals surface area contributed by atoms with Gasteiger partial charge < -0.3 is 10.0 Å². The van der Waals surface area contributed by atoms with Crippen molar-refractivity contribution in [3.8, 4) is 12.1 Å². The number of imide groups is 1. The number of hydrogen-bond acceptors (Lipinski definition) is 6. The summed E-state index contributed by atoms with van der Waals surface area (Å²) >= 11 is 0. The molecule has 0 fully saturated rings. The van der Waals surface area contributed by atoms with Crippen molar-refractivity contribution in [2.24, 2.45) is 0 Å². The summed E-state index contributed by atoms with van der Waals surface area (Å²) in [6.45, 7) is 7.95. The fourth-order valence-corrected chi connectivity index (χ4v) is 7.90. The van der Waals surface area contributed by atoms with Gasteiger partial charge in [0.25, 0.3) is 17.7 Å². The lowest BCUT2D eigenvalue weighted by atomic mass is 9.79. The number of amides is 3. The molecular weight excluding hydrogens is 576 g/mol. The highest BCUT2D eigenvalue weighted by Gasteiger charge is 2.40. The highest BCUT2D eigenvalue weighted by Crippen LogP contribution is 2.50. The summed E-state index contributed by atoms with van der Waals surface area (Å²) in [5, 5.41) is 37.2. The van der Waals surface area contributed by atoms with Gasteiger partial charge in [0.2, 0.25) is 0 Å². The monoisotopic (exact) mass is 610 g/mol. The van der Waals surface area contributed by atoms with E-state index < -0.39 is 12.1 Å². The number of rotatable bonds is 8. The van der Waals surface area contributed by atoms with Gasteiger partial charge in [0.05, 0.1) is 28.8 Å². The van der Waals surface area contributed by atoms with Crippen molar-refractivity contribution < 1.29 is 19.5 Å². The third kappa shape index (κ3) is 3.83. The number of carbonyl (C=O) groups excluding carboxylic acids is 3. The summed E-state index contributed by atoms with van der Waals surface area (Å²) in [6.07, 6.45) is 3.91. The van der Waals surface area contributed by atoms with Gasteiger partial charge in [-0.1, -0.05) is 57.7 Å². The fourth-order valence-electron chi connectivity index (χ4n) is 7.90. The Kier molecular flexibility index (Phi) is 6.95. The number of fused-ring (bicyclic) bond motifs is 2. The Morgan fingerprint density at radius 3 is 1.80 bits per heavy atom. The fraction of sp³-hybridized carbons (Fsp3) is 0.342. The van der Waals surface area contributed by atoms with E-state index in [0.717, 1.165) is 32.1 Å². The number of nitriles is 2. The second kappa shape index (κ2) is 10.8. The molecule has 2 heterocycles. The molecule has 5 aromatic rings. The highest BCUT2D eigenvalue weighted by molar-refractivity contribution is 6.41. The minimum absolute atomic E-state index is 0.218. The largest absolute Gasteiger partial charge is 0.369 e. The quantitative estimate of drug-likeness (QED) is 0.109. The van der Waals surface area contributed by atoms with Crippen LogP contribution in [0, 0.1) is 22.7 Å². The van der Waals surface area contributed by atoms with E-state index >= 15 is 0 Å². The van der Waals surface area contributed by atoms with E-state index in [1.165, 1.54) is 9.80 Å². The molecule has 8 nitrogen and oxygen atoms in total. The number of benzene rings is 5. The molecule has 0 saturated carbocycles. The van der Waals surface area contributed by atoms with Gasteiger partial charge in [-0.3, -0.25) is 19.3 Å². The van der Waals surface area contributed by atoms with Crippen LogP contribution in [0.1, 0.15) is 120 Å². The number of aliphatic hydroxyl groups is 1. The van der Waals surface area contributed by atoms with E-state index in [1.54, 1.807) is 30.3 Å². The molecule has 0 bridgehead atoms. The molecule has 0 aromatic heterocycles. The van der Waals surface area contributed by atoms with Crippen LogP contribution in [0.15, 0.2) is 36.4 Å². The topological polar surface area (TPSA) is 126 Å². The first-order valence-corrected chi connectivity index (χ1v) is 16.2. The van der Waals surface area contributed by atoms with Gasteiger partial charge in [0.1, 0.15) is 0 Å². The predicted octanol–water partition coefficient (Wildman–Crippen LogP) is 7.68. The summed E-state index contributed by atoms with van der Waals surface area (Å²) in [5.74, 6) is -1.14. The molecule has 2 aliphatic rings. The normalized spacial score (nSPS) is 17.4. The molecule has 0 radical (unpaired) electrons. The molecule has 0 saturated heterocycles. The number of hydrogen-bond donors (Lipinski definition) is 1. The average Bonchev–Trinajstić information content (AvgIpc) is 3.06. The lowest BCUT2D eigenvalue weighted by Gasteiger charge is -2.38. The van der Waals surface area contributed by atoms with Crippen molar-refractivity contribution >= 4 is 60.8 Å². The molecule has 7 rings (SSSR count). The summed E-state index contributed by atoms with van der Waals surface area (Å²) in [7, 11) is 0. The number of unbranched alkanes of at least 4 members (excludes halogenated alkanes) is 2. The van der Waals surface area contributed by atoms with Crippen molar-refractivity contribution in [2.75, 3.05) is 0 Å². The van der Waals surface area contributed by atoms with E-state index in [4.69, 9.17) is 0 Å². The van der Waals surface area contributed by atoms with Gasteiger partial charge in [0.15, 0.2) is 6.23 Å². The Morgan fingerprint density at radius 2 is 1.22 bits per heavy atom. The molecule has 1 unspecified atom stereocenters. The molecule has 2 aliphatic heterocycles. The zero-order valence-corrected chi connectivity index (χ0v) is 26.4. The molecule has 0 spiro atoms. The van der Waals surface area contributed by atoms with Crippen LogP contribution in [-0.4, -0.2) is 44.7 Å². The average molecular weight is 611 g/mol. The molecule has 3 atom stereocenters. The number of nitrogens with zero attached hydrogens (tertiary/aromatic N) is 4. The lowest BCUT2D eigenvalue weighted by molar-refractivity contribution is -0.0141. The summed E-state index contributed by atoms with van der Waals surface area (Å²) in [6, 6.07) is 14.4. The van der Waals surface area contributed by atoms with Crippen LogP contribution >= 0.6 is 0 Å². The Labute approximate surface area is 266 Å². The smallest absolute Gasteiger partial charge is 0.261 e. The van der Waals surface area contributed by atoms with Crippen molar-refractivity contribution in [2.45, 2.75) is 84.5 Å². The first-order chi connectivity index (χ1) is 22.2. The third-order valence-electron chi connectivity index (χ3n) is 10.1. The minimum Gasteiger partial charge on any atom is -0.369 e. The molecule has 5 aromatic carbocycles. The third-order valence-corrected chi connectivity index (χ3v) is 10.1. The molecule has 0 aliphatic carbocycles. The van der Waals surface area contributed by atoms with Gasteiger partial charge in [-0.05, 0) is 61.0 Å². The van der Waals surface area contributed by atoms with Crippen molar-refractivity contribution in [3.63, 3.8) is 0 Å². The van der Waals surface area contributed by atoms with E-state index in [0.29, 0.717) is 71.8 Å². The zero-order chi connectivity index (χ0) is 32.6. The maximum atomic E-state index is 14.1. The lowest BCUT2D eigenvalue weighted by Crippen LogP contribution is -2.46. The van der Waals surface area contributed by atoms with Crippen LogP contribution in [-0.2, 0) is 0 Å². The summed E-state index contributed by atoms with van der Waals surface area (Å²) in [4.78, 5) is 44.8. The highest BCUT2D eigenvalue weighted by atomic mass is 16.3. The Balaban J connectivity index is 1.58. The SMILES string of the molecule is CCCC[C@H](C)N1C(=O)c2ccc3c4c(C#N)cc5c6c(ccc(c7c(C#N)cc(c2c37)C1=O)c64)C(O)N([C@@H](C)CCCC)C5=O. The van der Waals surface area contributed by atoms with Crippen LogP contribution in [0.4, 0.5) is 0 Å². The summed E-state index contributed by atoms with van der Waals surface area (Å²) < 4.78 is 0. The summed E-state index contributed by atoms with van der Waals surface area (Å²) in [5.41, 5.74) is 2.14. The van der Waals surface area contributed by atoms with Gasteiger partial charge in [-0.15, -0.1) is 0 Å². The van der Waals surface area contributed by atoms with Crippen LogP contribution in [0.2, 0.25) is 0 Å².